The van der Waals surface area contributed by atoms with Crippen LogP contribution in [0.5, 0.6) is 0 Å². The number of nitro groups is 1. The highest BCUT2D eigenvalue weighted by atomic mass is 79.9. The molecule has 0 bridgehead atoms. The molecule has 0 spiro atoms. The van der Waals surface area contributed by atoms with Crippen molar-refractivity contribution in [1.82, 2.24) is 4.98 Å². The number of aromatic nitrogens is 1. The van der Waals surface area contributed by atoms with Crippen molar-refractivity contribution in [2.45, 2.75) is 6.92 Å². The second kappa shape index (κ2) is 5.85. The highest BCUT2D eigenvalue weighted by molar-refractivity contribution is 9.10. The summed E-state index contributed by atoms with van der Waals surface area (Å²) in [5, 5.41) is 13.9. The smallest absolute Gasteiger partial charge is 0.276 e. The van der Waals surface area contributed by atoms with Crippen LogP contribution in [0.25, 0.3) is 0 Å². The van der Waals surface area contributed by atoms with Gasteiger partial charge in [-0.3, -0.25) is 10.1 Å². The van der Waals surface area contributed by atoms with Crippen LogP contribution < -0.4 is 16.6 Å². The number of anilines is 3. The van der Waals surface area contributed by atoms with Crippen LogP contribution in [0, 0.1) is 17.0 Å². The van der Waals surface area contributed by atoms with Gasteiger partial charge in [-0.25, -0.2) is 10.8 Å². The van der Waals surface area contributed by atoms with E-state index in [9.17, 15) is 10.1 Å². The maximum absolute atomic E-state index is 10.8. The number of halogens is 1. The fraction of sp³-hybridized carbons (Fsp3) is 0.0833. The van der Waals surface area contributed by atoms with Crippen molar-refractivity contribution in [2.75, 3.05) is 10.7 Å². The molecule has 1 aromatic carbocycles. The van der Waals surface area contributed by atoms with E-state index in [4.69, 9.17) is 5.84 Å². The van der Waals surface area contributed by atoms with Crippen molar-refractivity contribution in [1.29, 1.82) is 0 Å². The summed E-state index contributed by atoms with van der Waals surface area (Å²) in [6.07, 6.45) is 0. The van der Waals surface area contributed by atoms with Gasteiger partial charge in [0, 0.05) is 10.2 Å². The number of nitrogen functional groups attached to an aromatic ring is 1. The summed E-state index contributed by atoms with van der Waals surface area (Å²) in [6, 6.07) is 8.24. The van der Waals surface area contributed by atoms with Gasteiger partial charge in [0.25, 0.3) is 5.69 Å². The first-order chi connectivity index (χ1) is 9.49. The Morgan fingerprint density at radius 1 is 1.30 bits per heavy atom. The Kier molecular flexibility index (Phi) is 4.16. The van der Waals surface area contributed by atoms with Gasteiger partial charge in [0.1, 0.15) is 11.6 Å². The monoisotopic (exact) mass is 337 g/mol. The zero-order chi connectivity index (χ0) is 14.7. The first-order valence-corrected chi connectivity index (χ1v) is 6.45. The first-order valence-electron chi connectivity index (χ1n) is 5.66. The third kappa shape index (κ3) is 3.22. The Hall–Kier alpha value is -2.19. The molecule has 0 aliphatic carbocycles. The zero-order valence-corrected chi connectivity index (χ0v) is 12.1. The van der Waals surface area contributed by atoms with E-state index in [2.05, 4.69) is 31.7 Å². The number of hydrogen-bond acceptors (Lipinski definition) is 6. The van der Waals surface area contributed by atoms with Crippen LogP contribution in [0.15, 0.2) is 34.8 Å². The molecule has 4 N–H and O–H groups in total. The molecule has 20 heavy (non-hydrogen) atoms. The molecule has 0 saturated heterocycles. The minimum Gasteiger partial charge on any atom is -0.340 e. The summed E-state index contributed by atoms with van der Waals surface area (Å²) < 4.78 is 0.986. The first kappa shape index (κ1) is 14.2. The summed E-state index contributed by atoms with van der Waals surface area (Å²) >= 11 is 3.41. The number of pyridine rings is 1. The maximum atomic E-state index is 10.8. The van der Waals surface area contributed by atoms with Crippen LogP contribution in [-0.2, 0) is 0 Å². The van der Waals surface area contributed by atoms with E-state index >= 15 is 0 Å². The van der Waals surface area contributed by atoms with Crippen LogP contribution >= 0.6 is 15.9 Å². The lowest BCUT2D eigenvalue weighted by atomic mass is 10.2. The van der Waals surface area contributed by atoms with E-state index in [0.29, 0.717) is 5.82 Å². The number of nitrogens with one attached hydrogen (secondary N) is 2. The van der Waals surface area contributed by atoms with E-state index in [1.807, 2.05) is 25.1 Å². The van der Waals surface area contributed by atoms with Gasteiger partial charge >= 0.3 is 0 Å². The number of hydrogen-bond donors (Lipinski definition) is 3. The molecule has 0 atom stereocenters. The summed E-state index contributed by atoms with van der Waals surface area (Å²) in [4.78, 5) is 14.5. The van der Waals surface area contributed by atoms with Crippen molar-refractivity contribution in [3.63, 3.8) is 0 Å². The molecule has 0 saturated carbocycles. The van der Waals surface area contributed by atoms with Gasteiger partial charge in [0.05, 0.1) is 17.1 Å². The Balaban J connectivity index is 2.34. The second-order valence-corrected chi connectivity index (χ2v) is 4.94. The average molecular weight is 338 g/mol. The Bertz CT molecular complexity index is 662. The summed E-state index contributed by atoms with van der Waals surface area (Å²) in [5.41, 5.74) is 4.03. The quantitative estimate of drug-likeness (QED) is 0.449. The lowest BCUT2D eigenvalue weighted by molar-refractivity contribution is -0.384. The summed E-state index contributed by atoms with van der Waals surface area (Å²) in [7, 11) is 0. The summed E-state index contributed by atoms with van der Waals surface area (Å²) in [6.45, 7) is 1.95. The SMILES string of the molecule is Cc1cc(Nc2cc([N+](=O)[O-])cc(NN)n2)ccc1Br. The van der Waals surface area contributed by atoms with E-state index in [-0.39, 0.29) is 11.5 Å². The second-order valence-electron chi connectivity index (χ2n) is 4.09. The molecule has 1 aromatic heterocycles. The van der Waals surface area contributed by atoms with E-state index in [1.54, 1.807) is 0 Å². The summed E-state index contributed by atoms with van der Waals surface area (Å²) in [5.74, 6) is 5.82. The standard InChI is InChI=1S/C12H12BrN5O2/c1-7-4-8(2-3-10(7)13)15-11-5-9(18(19)20)6-12(16-11)17-14/h2-6H,14H2,1H3,(H2,15,16,17). The van der Waals surface area contributed by atoms with Gasteiger partial charge in [-0.05, 0) is 30.7 Å². The minimum absolute atomic E-state index is 0.0933. The fourth-order valence-corrected chi connectivity index (χ4v) is 1.88. The van der Waals surface area contributed by atoms with Crippen LogP contribution in [0.2, 0.25) is 0 Å². The molecule has 2 aromatic rings. The molecule has 0 amide bonds. The Morgan fingerprint density at radius 2 is 2.00 bits per heavy atom. The van der Waals surface area contributed by atoms with E-state index < -0.39 is 4.92 Å². The molecular formula is C12H12BrN5O2. The number of benzene rings is 1. The van der Waals surface area contributed by atoms with Gasteiger partial charge in [0.15, 0.2) is 0 Å². The lowest BCUT2D eigenvalue weighted by Gasteiger charge is -2.09. The fourth-order valence-electron chi connectivity index (χ4n) is 1.63. The van der Waals surface area contributed by atoms with Crippen molar-refractivity contribution in [2.24, 2.45) is 5.84 Å². The lowest BCUT2D eigenvalue weighted by Crippen LogP contribution is -2.10. The molecule has 0 fully saturated rings. The number of nitrogens with two attached hydrogens (primary N) is 1. The molecule has 104 valence electrons. The highest BCUT2D eigenvalue weighted by Gasteiger charge is 2.11. The molecule has 0 aliphatic rings. The number of rotatable bonds is 4. The van der Waals surface area contributed by atoms with E-state index in [0.717, 1.165) is 15.7 Å². The molecule has 8 heteroatoms. The van der Waals surface area contributed by atoms with Crippen molar-refractivity contribution < 1.29 is 4.92 Å². The predicted molar refractivity (Wildman–Crippen MR) is 80.9 cm³/mol. The van der Waals surface area contributed by atoms with Crippen molar-refractivity contribution >= 4 is 38.9 Å². The zero-order valence-electron chi connectivity index (χ0n) is 10.6. The van der Waals surface area contributed by atoms with Gasteiger partial charge < -0.3 is 10.7 Å². The number of hydrazine groups is 1. The van der Waals surface area contributed by atoms with Gasteiger partial charge in [-0.1, -0.05) is 15.9 Å². The maximum Gasteiger partial charge on any atom is 0.276 e. The third-order valence-electron chi connectivity index (χ3n) is 2.60. The largest absolute Gasteiger partial charge is 0.340 e. The molecule has 2 rings (SSSR count). The van der Waals surface area contributed by atoms with Gasteiger partial charge in [-0.2, -0.15) is 0 Å². The van der Waals surface area contributed by atoms with Crippen LogP contribution in [0.4, 0.5) is 23.0 Å². The van der Waals surface area contributed by atoms with Crippen LogP contribution in [0.1, 0.15) is 5.56 Å². The normalized spacial score (nSPS) is 10.2. The minimum atomic E-state index is -0.499. The van der Waals surface area contributed by atoms with Crippen molar-refractivity contribution in [3.05, 3.63) is 50.5 Å². The molecular weight excluding hydrogens is 326 g/mol. The molecule has 0 unspecified atom stereocenters. The van der Waals surface area contributed by atoms with Crippen LogP contribution in [0.3, 0.4) is 0 Å². The molecule has 0 aliphatic heterocycles. The number of nitrogens with zero attached hydrogens (tertiary/aromatic N) is 2. The van der Waals surface area contributed by atoms with Gasteiger partial charge in [-0.15, -0.1) is 0 Å². The average Bonchev–Trinajstić information content (AvgIpc) is 2.42. The Labute approximate surface area is 123 Å². The van der Waals surface area contributed by atoms with Crippen LogP contribution in [-0.4, -0.2) is 9.91 Å². The number of aryl methyl sites for hydroxylation is 1. The third-order valence-corrected chi connectivity index (χ3v) is 3.49. The van der Waals surface area contributed by atoms with Gasteiger partial charge in [0.2, 0.25) is 0 Å². The van der Waals surface area contributed by atoms with Crippen molar-refractivity contribution in [3.8, 4) is 0 Å². The molecule has 7 nitrogen and oxygen atoms in total. The molecule has 1 heterocycles. The topological polar surface area (TPSA) is 106 Å². The highest BCUT2D eigenvalue weighted by Crippen LogP contribution is 2.25. The predicted octanol–water partition coefficient (Wildman–Crippen LogP) is 3.09. The molecule has 0 radical (unpaired) electrons. The van der Waals surface area contributed by atoms with E-state index in [1.165, 1.54) is 12.1 Å². The Morgan fingerprint density at radius 3 is 2.60 bits per heavy atom.